The first-order valence-corrected chi connectivity index (χ1v) is 5.15. The number of ether oxygens (including phenoxy) is 1. The van der Waals surface area contributed by atoms with Gasteiger partial charge < -0.3 is 9.84 Å². The van der Waals surface area contributed by atoms with Crippen LogP contribution in [0.2, 0.25) is 0 Å². The number of aliphatic hydroxyl groups is 1. The summed E-state index contributed by atoms with van der Waals surface area (Å²) in [5.41, 5.74) is 0. The Morgan fingerprint density at radius 2 is 2.50 bits per heavy atom. The van der Waals surface area contributed by atoms with Crippen molar-refractivity contribution in [3.63, 3.8) is 0 Å². The van der Waals surface area contributed by atoms with Crippen molar-refractivity contribution in [3.05, 3.63) is 0 Å². The third-order valence-electron chi connectivity index (χ3n) is 2.69. The molecular weight excluding hydrogens is 176 g/mol. The molecule has 0 aromatic carbocycles. The van der Waals surface area contributed by atoms with E-state index in [0.29, 0.717) is 23.5 Å². The number of rotatable bonds is 2. The van der Waals surface area contributed by atoms with E-state index in [-0.39, 0.29) is 12.1 Å². The van der Waals surface area contributed by atoms with E-state index in [4.69, 9.17) is 0 Å². The van der Waals surface area contributed by atoms with Crippen molar-refractivity contribution < 1.29 is 14.6 Å². The Morgan fingerprint density at radius 3 is 3.00 bits per heavy atom. The van der Waals surface area contributed by atoms with Gasteiger partial charge >= 0.3 is 5.97 Å². The van der Waals surface area contributed by atoms with E-state index < -0.39 is 0 Å². The summed E-state index contributed by atoms with van der Waals surface area (Å²) < 4.78 is 4.57. The van der Waals surface area contributed by atoms with Gasteiger partial charge in [0, 0.05) is 23.3 Å². The standard InChI is InChI=1S/C8H12O3S/c1-11-6(10)2-4-7-5(9)3-12-8(4)7/h4-5,7-9H,2-3H2,1H3/t4-,5-,7+,8+/m1/s1. The summed E-state index contributed by atoms with van der Waals surface area (Å²) in [4.78, 5) is 10.9. The lowest BCUT2D eigenvalue weighted by molar-refractivity contribution is -0.141. The second-order valence-corrected chi connectivity index (χ2v) is 4.60. The van der Waals surface area contributed by atoms with E-state index in [1.54, 1.807) is 11.8 Å². The lowest BCUT2D eigenvalue weighted by Crippen LogP contribution is -2.13. The molecule has 1 saturated heterocycles. The highest BCUT2D eigenvalue weighted by molar-refractivity contribution is 8.00. The third kappa shape index (κ3) is 1.23. The molecule has 0 spiro atoms. The van der Waals surface area contributed by atoms with Gasteiger partial charge in [0.2, 0.25) is 0 Å². The van der Waals surface area contributed by atoms with Gasteiger partial charge in [-0.25, -0.2) is 0 Å². The zero-order chi connectivity index (χ0) is 8.72. The van der Waals surface area contributed by atoms with Gasteiger partial charge in [0.25, 0.3) is 0 Å². The molecule has 68 valence electrons. The molecule has 2 aliphatic rings. The minimum atomic E-state index is -0.186. The molecule has 1 aliphatic heterocycles. The van der Waals surface area contributed by atoms with Gasteiger partial charge in [-0.05, 0) is 5.92 Å². The third-order valence-corrected chi connectivity index (χ3v) is 4.27. The van der Waals surface area contributed by atoms with Crippen LogP contribution in [-0.4, -0.2) is 35.3 Å². The Labute approximate surface area is 75.5 Å². The van der Waals surface area contributed by atoms with Crippen molar-refractivity contribution in [1.82, 2.24) is 0 Å². The SMILES string of the molecule is COC(=O)C[C@H]1[C@@H]2SC[C@@H](O)[C@H]12. The predicted molar refractivity (Wildman–Crippen MR) is 45.9 cm³/mol. The molecule has 2 fully saturated rings. The van der Waals surface area contributed by atoms with Crippen LogP contribution in [0.15, 0.2) is 0 Å². The molecule has 3 nitrogen and oxygen atoms in total. The van der Waals surface area contributed by atoms with Gasteiger partial charge in [0.1, 0.15) is 0 Å². The molecule has 1 saturated carbocycles. The summed E-state index contributed by atoms with van der Waals surface area (Å²) in [6.45, 7) is 0. The number of carbonyl (C=O) groups is 1. The number of fused-ring (bicyclic) bond motifs is 1. The summed E-state index contributed by atoms with van der Waals surface area (Å²) >= 11 is 1.78. The van der Waals surface area contributed by atoms with Crippen molar-refractivity contribution >= 4 is 17.7 Å². The molecule has 0 aromatic rings. The topological polar surface area (TPSA) is 46.5 Å². The molecule has 4 heteroatoms. The van der Waals surface area contributed by atoms with Gasteiger partial charge in [0.05, 0.1) is 13.2 Å². The van der Waals surface area contributed by atoms with Crippen LogP contribution in [-0.2, 0) is 9.53 Å². The first-order chi connectivity index (χ1) is 5.74. The second kappa shape index (κ2) is 2.92. The minimum Gasteiger partial charge on any atom is -0.469 e. The molecule has 1 N–H and O–H groups in total. The summed E-state index contributed by atoms with van der Waals surface area (Å²) in [6, 6.07) is 0. The smallest absolute Gasteiger partial charge is 0.305 e. The Kier molecular flexibility index (Phi) is 2.04. The van der Waals surface area contributed by atoms with Crippen molar-refractivity contribution in [3.8, 4) is 0 Å². The fraction of sp³-hybridized carbons (Fsp3) is 0.875. The van der Waals surface area contributed by atoms with E-state index in [1.165, 1.54) is 7.11 Å². The maximum Gasteiger partial charge on any atom is 0.305 e. The second-order valence-electron chi connectivity index (χ2n) is 3.39. The molecule has 0 unspecified atom stereocenters. The molecule has 0 bridgehead atoms. The number of hydrogen-bond donors (Lipinski definition) is 1. The van der Waals surface area contributed by atoms with Crippen molar-refractivity contribution in [2.75, 3.05) is 12.9 Å². The molecule has 0 aromatic heterocycles. The molecule has 1 heterocycles. The van der Waals surface area contributed by atoms with Gasteiger partial charge in [-0.2, -0.15) is 11.8 Å². The van der Waals surface area contributed by atoms with Crippen LogP contribution in [0.1, 0.15) is 6.42 Å². The van der Waals surface area contributed by atoms with E-state index in [2.05, 4.69) is 4.74 Å². The highest BCUT2D eigenvalue weighted by Crippen LogP contribution is 2.57. The average Bonchev–Trinajstić information content (AvgIpc) is 2.59. The van der Waals surface area contributed by atoms with Crippen LogP contribution in [0.3, 0.4) is 0 Å². The molecule has 0 radical (unpaired) electrons. The van der Waals surface area contributed by atoms with E-state index in [9.17, 15) is 9.90 Å². The molecule has 2 rings (SSSR count). The Bertz CT molecular complexity index is 206. The maximum absolute atomic E-state index is 10.9. The fourth-order valence-electron chi connectivity index (χ4n) is 1.96. The van der Waals surface area contributed by atoms with Crippen molar-refractivity contribution in [1.29, 1.82) is 0 Å². The average molecular weight is 188 g/mol. The van der Waals surface area contributed by atoms with Gasteiger partial charge in [-0.3, -0.25) is 4.79 Å². The molecule has 4 atom stereocenters. The Morgan fingerprint density at radius 1 is 1.75 bits per heavy atom. The maximum atomic E-state index is 10.9. The quantitative estimate of drug-likeness (QED) is 0.632. The molecule has 1 aliphatic carbocycles. The van der Waals surface area contributed by atoms with Crippen LogP contribution < -0.4 is 0 Å². The van der Waals surface area contributed by atoms with Gasteiger partial charge in [-0.1, -0.05) is 0 Å². The zero-order valence-corrected chi connectivity index (χ0v) is 7.71. The number of thioether (sulfide) groups is 1. The molecule has 12 heavy (non-hydrogen) atoms. The fourth-order valence-corrected chi connectivity index (χ4v) is 3.64. The first-order valence-electron chi connectivity index (χ1n) is 4.10. The normalized spacial score (nSPS) is 43.8. The predicted octanol–water partition coefficient (Wildman–Crippen LogP) is 0.272. The van der Waals surface area contributed by atoms with Crippen LogP contribution in [0.25, 0.3) is 0 Å². The summed E-state index contributed by atoms with van der Waals surface area (Å²) in [5, 5.41) is 9.95. The highest BCUT2D eigenvalue weighted by atomic mass is 32.2. The number of aliphatic hydroxyl groups excluding tert-OH is 1. The van der Waals surface area contributed by atoms with Crippen LogP contribution in [0, 0.1) is 11.8 Å². The first kappa shape index (κ1) is 8.38. The van der Waals surface area contributed by atoms with Crippen LogP contribution in [0.5, 0.6) is 0 Å². The van der Waals surface area contributed by atoms with Crippen LogP contribution >= 0.6 is 11.8 Å². The van der Waals surface area contributed by atoms with Crippen molar-refractivity contribution in [2.24, 2.45) is 11.8 Å². The Balaban J connectivity index is 1.84. The summed E-state index contributed by atoms with van der Waals surface area (Å²) in [6.07, 6.45) is 0.297. The monoisotopic (exact) mass is 188 g/mol. The van der Waals surface area contributed by atoms with Crippen LogP contribution in [0.4, 0.5) is 0 Å². The number of esters is 1. The number of hydrogen-bond acceptors (Lipinski definition) is 4. The van der Waals surface area contributed by atoms with Crippen molar-refractivity contribution in [2.45, 2.75) is 17.8 Å². The van der Waals surface area contributed by atoms with E-state index >= 15 is 0 Å². The molecular formula is C8H12O3S. The molecule has 0 amide bonds. The van der Waals surface area contributed by atoms with E-state index in [0.717, 1.165) is 5.75 Å². The minimum absolute atomic E-state index is 0.151. The largest absolute Gasteiger partial charge is 0.469 e. The van der Waals surface area contributed by atoms with Gasteiger partial charge in [-0.15, -0.1) is 0 Å². The highest BCUT2D eigenvalue weighted by Gasteiger charge is 2.58. The zero-order valence-electron chi connectivity index (χ0n) is 6.90. The van der Waals surface area contributed by atoms with E-state index in [1.807, 2.05) is 0 Å². The Hall–Kier alpha value is -0.220. The number of carbonyl (C=O) groups excluding carboxylic acids is 1. The number of methoxy groups -OCH3 is 1. The van der Waals surface area contributed by atoms with Gasteiger partial charge in [0.15, 0.2) is 0 Å². The lowest BCUT2D eigenvalue weighted by atomic mass is 10.2. The summed E-state index contributed by atoms with van der Waals surface area (Å²) in [5.74, 6) is 1.44. The summed E-state index contributed by atoms with van der Waals surface area (Å²) in [7, 11) is 1.41. The lowest BCUT2D eigenvalue weighted by Gasteiger charge is -2.05.